The van der Waals surface area contributed by atoms with Crippen LogP contribution >= 0.6 is 0 Å². The average molecular weight is 308 g/mol. The highest BCUT2D eigenvalue weighted by molar-refractivity contribution is 7.89. The normalized spacial score (nSPS) is 23.7. The Kier molecular flexibility index (Phi) is 4.93. The van der Waals surface area contributed by atoms with Crippen LogP contribution in [0.3, 0.4) is 0 Å². The maximum absolute atomic E-state index is 12.9. The van der Waals surface area contributed by atoms with Gasteiger partial charge in [0.2, 0.25) is 10.0 Å². The van der Waals surface area contributed by atoms with Gasteiger partial charge in [0, 0.05) is 31.4 Å². The molecule has 1 N–H and O–H groups in total. The molecule has 21 heavy (non-hydrogen) atoms. The zero-order chi connectivity index (χ0) is 15.5. The molecule has 2 heterocycles. The van der Waals surface area contributed by atoms with Crippen LogP contribution < -0.4 is 5.32 Å². The molecule has 2 atom stereocenters. The van der Waals surface area contributed by atoms with E-state index in [0.29, 0.717) is 13.1 Å². The highest BCUT2D eigenvalue weighted by Crippen LogP contribution is 2.24. The van der Waals surface area contributed by atoms with Crippen LogP contribution in [-0.4, -0.2) is 42.9 Å². The maximum Gasteiger partial charge on any atom is 0.246 e. The molecular weight excluding hydrogens is 288 g/mol. The lowest BCUT2D eigenvalue weighted by atomic mass is 10.1. The van der Waals surface area contributed by atoms with Crippen LogP contribution in [0.4, 0.5) is 0 Å². The number of nitrogens with zero attached hydrogens (tertiary/aromatic N) is 3. The van der Waals surface area contributed by atoms with Gasteiger partial charge in [0.05, 0.1) is 0 Å². The topological polar surface area (TPSA) is 86.1 Å². The Morgan fingerprint density at radius 1 is 1.48 bits per heavy atom. The van der Waals surface area contributed by atoms with Gasteiger partial charge in [-0.2, -0.15) is 9.57 Å². The number of hydrogen-bond donors (Lipinski definition) is 1. The van der Waals surface area contributed by atoms with Gasteiger partial charge >= 0.3 is 0 Å². The van der Waals surface area contributed by atoms with Crippen LogP contribution in [0.1, 0.15) is 32.4 Å². The Balaban J connectivity index is 2.43. The van der Waals surface area contributed by atoms with Crippen molar-refractivity contribution < 1.29 is 8.42 Å². The molecule has 0 amide bonds. The molecule has 0 saturated carbocycles. The molecule has 1 aliphatic heterocycles. The first-order chi connectivity index (χ1) is 10.0. The number of hydrogen-bond acceptors (Lipinski definition) is 5. The van der Waals surface area contributed by atoms with Gasteiger partial charge in [-0.1, -0.05) is 13.8 Å². The standard InChI is InChI=1S/C14H20N4O2S/c1-3-11-10-18(12(4-2)9-17-11)21(19,20)14-6-5-7-16-13(14)8-15/h5-7,11-12,17H,3-4,9-10H2,1-2H3. The summed E-state index contributed by atoms with van der Waals surface area (Å²) in [5, 5.41) is 12.5. The number of aromatic nitrogens is 1. The molecule has 2 unspecified atom stereocenters. The Bertz CT molecular complexity index is 639. The molecule has 1 aromatic heterocycles. The lowest BCUT2D eigenvalue weighted by molar-refractivity contribution is 0.215. The van der Waals surface area contributed by atoms with Crippen molar-refractivity contribution in [1.82, 2.24) is 14.6 Å². The summed E-state index contributed by atoms with van der Waals surface area (Å²) in [5.74, 6) is 0. The second kappa shape index (κ2) is 6.52. The largest absolute Gasteiger partial charge is 0.311 e. The number of pyridine rings is 1. The summed E-state index contributed by atoms with van der Waals surface area (Å²) < 4.78 is 27.3. The van der Waals surface area contributed by atoms with Gasteiger partial charge in [-0.15, -0.1) is 0 Å². The fourth-order valence-corrected chi connectivity index (χ4v) is 4.40. The Labute approximate surface area is 125 Å². The van der Waals surface area contributed by atoms with E-state index in [9.17, 15) is 8.42 Å². The average Bonchev–Trinajstić information content (AvgIpc) is 2.54. The van der Waals surface area contributed by atoms with Crippen LogP contribution in [0.25, 0.3) is 0 Å². The van der Waals surface area contributed by atoms with E-state index < -0.39 is 10.0 Å². The van der Waals surface area contributed by atoms with E-state index in [0.717, 1.165) is 12.8 Å². The van der Waals surface area contributed by atoms with Crippen molar-refractivity contribution in [2.24, 2.45) is 0 Å². The summed E-state index contributed by atoms with van der Waals surface area (Å²) in [5.41, 5.74) is -0.0427. The molecule has 0 radical (unpaired) electrons. The van der Waals surface area contributed by atoms with E-state index in [-0.39, 0.29) is 22.7 Å². The van der Waals surface area contributed by atoms with Crippen molar-refractivity contribution in [3.63, 3.8) is 0 Å². The van der Waals surface area contributed by atoms with Gasteiger partial charge in [-0.25, -0.2) is 13.4 Å². The lowest BCUT2D eigenvalue weighted by Crippen LogP contribution is -2.57. The molecule has 114 valence electrons. The Morgan fingerprint density at radius 3 is 2.86 bits per heavy atom. The monoisotopic (exact) mass is 308 g/mol. The van der Waals surface area contributed by atoms with Crippen molar-refractivity contribution >= 4 is 10.0 Å². The Hall–Kier alpha value is -1.49. The van der Waals surface area contributed by atoms with E-state index in [2.05, 4.69) is 10.3 Å². The van der Waals surface area contributed by atoms with Crippen LogP contribution in [0.15, 0.2) is 23.2 Å². The number of rotatable bonds is 4. The van der Waals surface area contributed by atoms with Crippen molar-refractivity contribution in [3.05, 3.63) is 24.0 Å². The van der Waals surface area contributed by atoms with Gasteiger partial charge in [0.25, 0.3) is 0 Å². The molecule has 0 bridgehead atoms. The third-order valence-electron chi connectivity index (χ3n) is 3.88. The Morgan fingerprint density at radius 2 is 2.24 bits per heavy atom. The quantitative estimate of drug-likeness (QED) is 0.900. The minimum atomic E-state index is -3.70. The maximum atomic E-state index is 12.9. The van der Waals surface area contributed by atoms with Crippen LogP contribution in [-0.2, 0) is 10.0 Å². The molecule has 1 saturated heterocycles. The third kappa shape index (κ3) is 3.07. The number of nitrogens with one attached hydrogen (secondary N) is 1. The summed E-state index contributed by atoms with van der Waals surface area (Å²) >= 11 is 0. The van der Waals surface area contributed by atoms with Gasteiger partial charge < -0.3 is 5.32 Å². The lowest BCUT2D eigenvalue weighted by Gasteiger charge is -2.38. The minimum Gasteiger partial charge on any atom is -0.311 e. The smallest absolute Gasteiger partial charge is 0.246 e. The third-order valence-corrected chi connectivity index (χ3v) is 5.83. The van der Waals surface area contributed by atoms with Crippen LogP contribution in [0.2, 0.25) is 0 Å². The summed E-state index contributed by atoms with van der Waals surface area (Å²) in [7, 11) is -3.70. The first-order valence-electron chi connectivity index (χ1n) is 7.14. The van der Waals surface area contributed by atoms with E-state index in [1.54, 1.807) is 6.07 Å². The second-order valence-corrected chi connectivity index (χ2v) is 6.97. The molecule has 1 aliphatic rings. The van der Waals surface area contributed by atoms with Crippen LogP contribution in [0, 0.1) is 11.3 Å². The number of nitriles is 1. The molecule has 2 rings (SSSR count). The predicted molar refractivity (Wildman–Crippen MR) is 79.0 cm³/mol. The predicted octanol–water partition coefficient (Wildman–Crippen LogP) is 1.10. The highest BCUT2D eigenvalue weighted by Gasteiger charge is 2.36. The molecule has 1 aromatic rings. The van der Waals surface area contributed by atoms with E-state index >= 15 is 0 Å². The fraction of sp³-hybridized carbons (Fsp3) is 0.571. The van der Waals surface area contributed by atoms with E-state index in [1.807, 2.05) is 19.9 Å². The first kappa shape index (κ1) is 15.9. The number of sulfonamides is 1. The molecule has 7 heteroatoms. The zero-order valence-electron chi connectivity index (χ0n) is 12.3. The van der Waals surface area contributed by atoms with E-state index in [4.69, 9.17) is 5.26 Å². The van der Waals surface area contributed by atoms with E-state index in [1.165, 1.54) is 16.6 Å². The summed E-state index contributed by atoms with van der Waals surface area (Å²) in [6.07, 6.45) is 3.02. The van der Waals surface area contributed by atoms with Gasteiger partial charge in [-0.05, 0) is 25.0 Å². The fourth-order valence-electron chi connectivity index (χ4n) is 2.56. The van der Waals surface area contributed by atoms with Gasteiger partial charge in [0.15, 0.2) is 5.69 Å². The summed E-state index contributed by atoms with van der Waals surface area (Å²) in [6.45, 7) is 5.06. The second-order valence-electron chi connectivity index (χ2n) is 5.11. The van der Waals surface area contributed by atoms with Crippen molar-refractivity contribution in [1.29, 1.82) is 5.26 Å². The number of piperazine rings is 1. The summed E-state index contributed by atoms with van der Waals surface area (Å²) in [6, 6.07) is 4.92. The summed E-state index contributed by atoms with van der Waals surface area (Å²) in [4.78, 5) is 3.87. The molecule has 1 fully saturated rings. The van der Waals surface area contributed by atoms with Crippen molar-refractivity contribution in [3.8, 4) is 6.07 Å². The highest BCUT2D eigenvalue weighted by atomic mass is 32.2. The van der Waals surface area contributed by atoms with Gasteiger partial charge in [-0.3, -0.25) is 0 Å². The first-order valence-corrected chi connectivity index (χ1v) is 8.58. The molecule has 6 nitrogen and oxygen atoms in total. The minimum absolute atomic E-state index is 0.00250. The molecular formula is C14H20N4O2S. The molecule has 0 spiro atoms. The van der Waals surface area contributed by atoms with Gasteiger partial charge in [0.1, 0.15) is 11.0 Å². The molecule has 0 aromatic carbocycles. The zero-order valence-corrected chi connectivity index (χ0v) is 13.1. The van der Waals surface area contributed by atoms with Crippen molar-refractivity contribution in [2.75, 3.05) is 13.1 Å². The molecule has 0 aliphatic carbocycles. The SMILES string of the molecule is CCC1CN(S(=O)(=O)c2cccnc2C#N)C(CC)CN1. The van der Waals surface area contributed by atoms with Crippen molar-refractivity contribution in [2.45, 2.75) is 43.7 Å². The van der Waals surface area contributed by atoms with Crippen LogP contribution in [0.5, 0.6) is 0 Å².